The lowest BCUT2D eigenvalue weighted by Gasteiger charge is -2.10. The van der Waals surface area contributed by atoms with Crippen molar-refractivity contribution in [1.29, 1.82) is 0 Å². The lowest BCUT2D eigenvalue weighted by atomic mass is 10.1. The highest BCUT2D eigenvalue weighted by Crippen LogP contribution is 2.27. The van der Waals surface area contributed by atoms with Crippen LogP contribution in [0.4, 0.5) is 4.39 Å². The molecule has 0 aliphatic rings. The molecule has 14 heavy (non-hydrogen) atoms. The lowest BCUT2D eigenvalue weighted by molar-refractivity contribution is 0.623. The first-order valence-corrected chi connectivity index (χ1v) is 5.66. The van der Waals surface area contributed by atoms with Gasteiger partial charge in [-0.15, -0.1) is 11.8 Å². The second-order valence-corrected chi connectivity index (χ2v) is 5.08. The molecule has 0 unspecified atom stereocenters. The maximum atomic E-state index is 13.0. The molecule has 0 amide bonds. The number of hydrogen-bond acceptors (Lipinski definition) is 2. The van der Waals surface area contributed by atoms with Gasteiger partial charge in [-0.2, -0.15) is 0 Å². The van der Waals surface area contributed by atoms with Crippen molar-refractivity contribution in [3.05, 3.63) is 29.6 Å². The SMILES string of the molecule is CC(C)Sc1ccc(F)cc1CCN. The Morgan fingerprint density at radius 1 is 1.43 bits per heavy atom. The van der Waals surface area contributed by atoms with Crippen LogP contribution in [0.2, 0.25) is 0 Å². The molecule has 0 atom stereocenters. The third kappa shape index (κ3) is 3.31. The molecule has 0 radical (unpaired) electrons. The fourth-order valence-electron chi connectivity index (χ4n) is 1.27. The topological polar surface area (TPSA) is 26.0 Å². The molecule has 1 nitrogen and oxygen atoms in total. The summed E-state index contributed by atoms with van der Waals surface area (Å²) in [5.41, 5.74) is 6.50. The first-order chi connectivity index (χ1) is 6.63. The molecule has 0 heterocycles. The predicted octanol–water partition coefficient (Wildman–Crippen LogP) is 2.83. The predicted molar refractivity (Wildman–Crippen MR) is 60.2 cm³/mol. The summed E-state index contributed by atoms with van der Waals surface area (Å²) in [6, 6.07) is 4.92. The summed E-state index contributed by atoms with van der Waals surface area (Å²) in [6.07, 6.45) is 0.743. The third-order valence-electron chi connectivity index (χ3n) is 1.80. The number of benzene rings is 1. The zero-order valence-electron chi connectivity index (χ0n) is 8.59. The van der Waals surface area contributed by atoms with Gasteiger partial charge in [0.2, 0.25) is 0 Å². The molecule has 0 bridgehead atoms. The van der Waals surface area contributed by atoms with Gasteiger partial charge in [-0.05, 0) is 36.7 Å². The Bertz CT molecular complexity index is 299. The molecular weight excluding hydrogens is 197 g/mol. The Balaban J connectivity index is 2.89. The number of rotatable bonds is 4. The van der Waals surface area contributed by atoms with Crippen LogP contribution in [0.1, 0.15) is 19.4 Å². The largest absolute Gasteiger partial charge is 0.330 e. The van der Waals surface area contributed by atoms with E-state index in [1.807, 2.05) is 6.07 Å². The molecular formula is C11H16FNS. The molecule has 0 fully saturated rings. The average molecular weight is 213 g/mol. The quantitative estimate of drug-likeness (QED) is 0.778. The molecule has 78 valence electrons. The third-order valence-corrected chi connectivity index (χ3v) is 2.92. The van der Waals surface area contributed by atoms with Crippen LogP contribution >= 0.6 is 11.8 Å². The van der Waals surface area contributed by atoms with Crippen LogP contribution in [0, 0.1) is 5.82 Å². The van der Waals surface area contributed by atoms with Crippen LogP contribution in [-0.2, 0) is 6.42 Å². The molecule has 0 spiro atoms. The Morgan fingerprint density at radius 2 is 2.14 bits per heavy atom. The standard InChI is InChI=1S/C11H16FNS/c1-8(2)14-11-4-3-10(12)7-9(11)5-6-13/h3-4,7-8H,5-6,13H2,1-2H3. The number of nitrogens with two attached hydrogens (primary N) is 1. The van der Waals surface area contributed by atoms with Crippen molar-refractivity contribution >= 4 is 11.8 Å². The van der Waals surface area contributed by atoms with Crippen LogP contribution in [0.3, 0.4) is 0 Å². The van der Waals surface area contributed by atoms with E-state index in [0.717, 1.165) is 16.9 Å². The van der Waals surface area contributed by atoms with Gasteiger partial charge in [0.25, 0.3) is 0 Å². The number of halogens is 1. The fraction of sp³-hybridized carbons (Fsp3) is 0.455. The van der Waals surface area contributed by atoms with E-state index in [9.17, 15) is 4.39 Å². The molecule has 0 saturated carbocycles. The van der Waals surface area contributed by atoms with Crippen molar-refractivity contribution < 1.29 is 4.39 Å². The summed E-state index contributed by atoms with van der Waals surface area (Å²) in [4.78, 5) is 1.15. The van der Waals surface area contributed by atoms with Crippen LogP contribution in [-0.4, -0.2) is 11.8 Å². The Hall–Kier alpha value is -0.540. The smallest absolute Gasteiger partial charge is 0.123 e. The zero-order valence-corrected chi connectivity index (χ0v) is 9.40. The van der Waals surface area contributed by atoms with Crippen molar-refractivity contribution in [2.24, 2.45) is 5.73 Å². The van der Waals surface area contributed by atoms with Crippen LogP contribution in [0.5, 0.6) is 0 Å². The molecule has 0 aliphatic heterocycles. The highest BCUT2D eigenvalue weighted by atomic mass is 32.2. The van der Waals surface area contributed by atoms with Gasteiger partial charge >= 0.3 is 0 Å². The van der Waals surface area contributed by atoms with Gasteiger partial charge in [0.15, 0.2) is 0 Å². The summed E-state index contributed by atoms with van der Waals surface area (Å²) < 4.78 is 13.0. The van der Waals surface area contributed by atoms with Gasteiger partial charge in [0.1, 0.15) is 5.82 Å². The van der Waals surface area contributed by atoms with E-state index in [1.165, 1.54) is 6.07 Å². The van der Waals surface area contributed by atoms with Crippen molar-refractivity contribution in [3.63, 3.8) is 0 Å². The minimum absolute atomic E-state index is 0.179. The molecule has 1 rings (SSSR count). The van der Waals surface area contributed by atoms with Crippen molar-refractivity contribution in [3.8, 4) is 0 Å². The van der Waals surface area contributed by atoms with E-state index >= 15 is 0 Å². The van der Waals surface area contributed by atoms with Crippen molar-refractivity contribution in [1.82, 2.24) is 0 Å². The second-order valence-electron chi connectivity index (χ2n) is 3.46. The minimum Gasteiger partial charge on any atom is -0.330 e. The molecule has 0 aliphatic carbocycles. The van der Waals surface area contributed by atoms with Gasteiger partial charge < -0.3 is 5.73 Å². The van der Waals surface area contributed by atoms with Crippen molar-refractivity contribution in [2.75, 3.05) is 6.54 Å². The van der Waals surface area contributed by atoms with Crippen LogP contribution in [0.25, 0.3) is 0 Å². The summed E-state index contributed by atoms with van der Waals surface area (Å²) >= 11 is 1.75. The van der Waals surface area contributed by atoms with E-state index in [4.69, 9.17) is 5.73 Å². The van der Waals surface area contributed by atoms with E-state index in [-0.39, 0.29) is 5.82 Å². The lowest BCUT2D eigenvalue weighted by Crippen LogP contribution is -2.04. The monoisotopic (exact) mass is 213 g/mol. The first kappa shape index (κ1) is 11.5. The minimum atomic E-state index is -0.179. The first-order valence-electron chi connectivity index (χ1n) is 4.78. The van der Waals surface area contributed by atoms with Gasteiger partial charge in [-0.1, -0.05) is 13.8 Å². The van der Waals surface area contributed by atoms with E-state index < -0.39 is 0 Å². The fourth-order valence-corrected chi connectivity index (χ4v) is 2.23. The summed E-state index contributed by atoms with van der Waals surface area (Å²) in [5, 5.41) is 0.511. The molecule has 1 aromatic carbocycles. The highest BCUT2D eigenvalue weighted by molar-refractivity contribution is 8.00. The molecule has 2 N–H and O–H groups in total. The molecule has 0 saturated heterocycles. The van der Waals surface area contributed by atoms with E-state index in [2.05, 4.69) is 13.8 Å². The zero-order chi connectivity index (χ0) is 10.6. The maximum absolute atomic E-state index is 13.0. The Morgan fingerprint density at radius 3 is 2.71 bits per heavy atom. The van der Waals surface area contributed by atoms with Gasteiger partial charge in [-0.25, -0.2) is 4.39 Å². The van der Waals surface area contributed by atoms with Crippen LogP contribution in [0.15, 0.2) is 23.1 Å². The maximum Gasteiger partial charge on any atom is 0.123 e. The van der Waals surface area contributed by atoms with Crippen LogP contribution < -0.4 is 5.73 Å². The Kier molecular flexibility index (Phi) is 4.42. The number of hydrogen-bond donors (Lipinski definition) is 1. The van der Waals surface area contributed by atoms with Gasteiger partial charge in [0.05, 0.1) is 0 Å². The van der Waals surface area contributed by atoms with Gasteiger partial charge in [0, 0.05) is 10.1 Å². The van der Waals surface area contributed by atoms with Gasteiger partial charge in [-0.3, -0.25) is 0 Å². The normalized spacial score (nSPS) is 10.9. The summed E-state index contributed by atoms with van der Waals surface area (Å²) in [5.74, 6) is -0.179. The Labute approximate surface area is 88.9 Å². The molecule has 3 heteroatoms. The average Bonchev–Trinajstić information content (AvgIpc) is 2.09. The number of thioether (sulfide) groups is 1. The molecule has 1 aromatic rings. The molecule has 0 aromatic heterocycles. The highest BCUT2D eigenvalue weighted by Gasteiger charge is 2.05. The van der Waals surface area contributed by atoms with E-state index in [0.29, 0.717) is 11.8 Å². The second kappa shape index (κ2) is 5.37. The summed E-state index contributed by atoms with van der Waals surface area (Å²) in [7, 11) is 0. The summed E-state index contributed by atoms with van der Waals surface area (Å²) in [6.45, 7) is 4.82. The van der Waals surface area contributed by atoms with Crippen molar-refractivity contribution in [2.45, 2.75) is 30.4 Å². The van der Waals surface area contributed by atoms with E-state index in [1.54, 1.807) is 17.8 Å².